The molecule has 7 nitrogen and oxygen atoms in total. The summed E-state index contributed by atoms with van der Waals surface area (Å²) in [4.78, 5) is 8.28. The molecule has 112 valence electrons. The highest BCUT2D eigenvalue weighted by Crippen LogP contribution is 2.20. The second-order valence-electron chi connectivity index (χ2n) is 4.19. The van der Waals surface area contributed by atoms with E-state index < -0.39 is 10.8 Å². The predicted molar refractivity (Wildman–Crippen MR) is 75.8 cm³/mol. The lowest BCUT2D eigenvalue weighted by molar-refractivity contribution is 0.458. The zero-order chi connectivity index (χ0) is 15.5. The van der Waals surface area contributed by atoms with Gasteiger partial charge in [0.1, 0.15) is 17.9 Å². The van der Waals surface area contributed by atoms with Crippen molar-refractivity contribution in [3.63, 3.8) is 0 Å². The van der Waals surface area contributed by atoms with E-state index in [4.69, 9.17) is 4.74 Å². The van der Waals surface area contributed by atoms with Crippen molar-refractivity contribution in [2.24, 2.45) is 0 Å². The number of nitrogens with zero attached hydrogens (tertiary/aromatic N) is 5. The topological polar surface area (TPSA) is 82.8 Å². The third-order valence-electron chi connectivity index (χ3n) is 2.64. The first-order valence-corrected chi connectivity index (χ1v) is 7.69. The first-order valence-electron chi connectivity index (χ1n) is 6.14. The molecule has 1 atom stereocenters. The fraction of sp³-hybridized carbons (Fsp3) is 0.0769. The Hall–Kier alpha value is -2.68. The number of hydrogen-bond donors (Lipinski definition) is 0. The molecular weight excluding hydrogens is 309 g/mol. The van der Waals surface area contributed by atoms with Crippen molar-refractivity contribution < 1.29 is 13.3 Å². The summed E-state index contributed by atoms with van der Waals surface area (Å²) in [7, 11) is -1.33. The summed E-state index contributed by atoms with van der Waals surface area (Å²) >= 11 is 0. The largest absolute Gasteiger partial charge is 0.439 e. The van der Waals surface area contributed by atoms with Crippen molar-refractivity contribution >= 4 is 10.8 Å². The Bertz CT molecular complexity index is 821. The Morgan fingerprint density at radius 2 is 2.00 bits per heavy atom. The molecule has 0 saturated heterocycles. The average Bonchev–Trinajstić information content (AvgIpc) is 3.00. The number of aromatic nitrogens is 5. The van der Waals surface area contributed by atoms with Crippen LogP contribution in [0.5, 0.6) is 11.6 Å². The van der Waals surface area contributed by atoms with Crippen molar-refractivity contribution in [1.29, 1.82) is 0 Å². The average molecular weight is 319 g/mol. The minimum absolute atomic E-state index is 0.231. The molecule has 0 bridgehead atoms. The van der Waals surface area contributed by atoms with E-state index >= 15 is 0 Å². The van der Waals surface area contributed by atoms with Crippen LogP contribution in [0.25, 0.3) is 5.95 Å². The van der Waals surface area contributed by atoms with Gasteiger partial charge in [-0.25, -0.2) is 13.9 Å². The van der Waals surface area contributed by atoms with Gasteiger partial charge in [0.2, 0.25) is 17.0 Å². The van der Waals surface area contributed by atoms with E-state index in [1.807, 2.05) is 0 Å². The van der Waals surface area contributed by atoms with E-state index in [1.54, 1.807) is 6.07 Å². The predicted octanol–water partition coefficient (Wildman–Crippen LogP) is 1.73. The van der Waals surface area contributed by atoms with Gasteiger partial charge in [0.15, 0.2) is 0 Å². The third kappa shape index (κ3) is 2.98. The molecule has 22 heavy (non-hydrogen) atoms. The Morgan fingerprint density at radius 1 is 1.23 bits per heavy atom. The number of hydrogen-bond acceptors (Lipinski definition) is 6. The first kappa shape index (κ1) is 14.3. The van der Waals surface area contributed by atoms with Crippen LogP contribution in [0.15, 0.2) is 48.0 Å². The standard InChI is InChI=1S/C13H10FN5O2S/c1-22(20)13-18-16-8-19(13)12-15-7-6-11(17-12)21-10-4-2-9(14)3-5-10/h2-8H,1H3/t22-/m1/s1. The lowest BCUT2D eigenvalue weighted by Crippen LogP contribution is -2.06. The Morgan fingerprint density at radius 3 is 2.73 bits per heavy atom. The molecule has 0 aliphatic heterocycles. The van der Waals surface area contributed by atoms with Crippen LogP contribution in [-0.4, -0.2) is 35.2 Å². The molecule has 0 radical (unpaired) electrons. The molecule has 2 aromatic heterocycles. The van der Waals surface area contributed by atoms with E-state index in [2.05, 4.69) is 20.2 Å². The molecule has 0 fully saturated rings. The summed E-state index contributed by atoms with van der Waals surface area (Å²) in [5.74, 6) is 0.581. The Balaban J connectivity index is 1.91. The van der Waals surface area contributed by atoms with Crippen LogP contribution in [-0.2, 0) is 10.8 Å². The summed E-state index contributed by atoms with van der Waals surface area (Å²) in [6.07, 6.45) is 4.34. The normalized spacial score (nSPS) is 12.1. The second kappa shape index (κ2) is 5.98. The van der Waals surface area contributed by atoms with Crippen LogP contribution in [0.2, 0.25) is 0 Å². The number of benzene rings is 1. The molecule has 0 amide bonds. The second-order valence-corrected chi connectivity index (χ2v) is 5.46. The maximum absolute atomic E-state index is 12.9. The zero-order valence-corrected chi connectivity index (χ0v) is 12.2. The quantitative estimate of drug-likeness (QED) is 0.728. The Labute approximate surface area is 127 Å². The number of rotatable bonds is 4. The molecule has 1 aromatic carbocycles. The van der Waals surface area contributed by atoms with Crippen LogP contribution < -0.4 is 4.74 Å². The van der Waals surface area contributed by atoms with Gasteiger partial charge in [-0.2, -0.15) is 4.98 Å². The number of halogens is 1. The molecule has 0 N–H and O–H groups in total. The van der Waals surface area contributed by atoms with Gasteiger partial charge in [-0.3, -0.25) is 4.21 Å². The third-order valence-corrected chi connectivity index (χ3v) is 3.43. The van der Waals surface area contributed by atoms with Gasteiger partial charge in [0.05, 0.1) is 10.8 Å². The molecule has 0 aliphatic rings. The number of ether oxygens (including phenoxy) is 1. The first-order chi connectivity index (χ1) is 10.6. The van der Waals surface area contributed by atoms with E-state index in [0.717, 1.165) is 0 Å². The molecule has 0 aliphatic carbocycles. The van der Waals surface area contributed by atoms with E-state index in [0.29, 0.717) is 5.75 Å². The summed E-state index contributed by atoms with van der Waals surface area (Å²) in [6, 6.07) is 7.11. The SMILES string of the molecule is C[S@@](=O)c1nncn1-c1nccc(Oc2ccc(F)cc2)n1. The van der Waals surface area contributed by atoms with Crippen LogP contribution in [0.1, 0.15) is 0 Å². The summed E-state index contributed by atoms with van der Waals surface area (Å²) in [5.41, 5.74) is 0. The lowest BCUT2D eigenvalue weighted by Gasteiger charge is -2.07. The molecule has 0 unspecified atom stereocenters. The summed E-state index contributed by atoms with van der Waals surface area (Å²) in [5, 5.41) is 7.70. The fourth-order valence-electron chi connectivity index (χ4n) is 1.69. The Kier molecular flexibility index (Phi) is 3.88. The maximum atomic E-state index is 12.9. The van der Waals surface area contributed by atoms with Crippen molar-refractivity contribution in [1.82, 2.24) is 24.7 Å². The van der Waals surface area contributed by atoms with Crippen LogP contribution >= 0.6 is 0 Å². The van der Waals surface area contributed by atoms with E-state index in [-0.39, 0.29) is 22.8 Å². The smallest absolute Gasteiger partial charge is 0.240 e. The monoisotopic (exact) mass is 319 g/mol. The van der Waals surface area contributed by atoms with E-state index in [1.165, 1.54) is 47.6 Å². The minimum Gasteiger partial charge on any atom is -0.439 e. The highest BCUT2D eigenvalue weighted by Gasteiger charge is 2.12. The molecular formula is C13H10FN5O2S. The fourth-order valence-corrected chi connectivity index (χ4v) is 2.25. The maximum Gasteiger partial charge on any atom is 0.240 e. The van der Waals surface area contributed by atoms with Gasteiger partial charge in [0.25, 0.3) is 0 Å². The van der Waals surface area contributed by atoms with Crippen LogP contribution in [0, 0.1) is 5.82 Å². The molecule has 0 saturated carbocycles. The summed E-state index contributed by atoms with van der Waals surface area (Å²) in [6.45, 7) is 0. The molecule has 2 heterocycles. The van der Waals surface area contributed by atoms with Crippen molar-refractivity contribution in [2.75, 3.05) is 6.26 Å². The zero-order valence-electron chi connectivity index (χ0n) is 11.4. The van der Waals surface area contributed by atoms with Gasteiger partial charge < -0.3 is 4.74 Å². The highest BCUT2D eigenvalue weighted by atomic mass is 32.2. The lowest BCUT2D eigenvalue weighted by atomic mass is 10.3. The van der Waals surface area contributed by atoms with Crippen molar-refractivity contribution in [3.05, 3.63) is 48.7 Å². The molecule has 3 rings (SSSR count). The van der Waals surface area contributed by atoms with Gasteiger partial charge in [0, 0.05) is 18.5 Å². The minimum atomic E-state index is -1.33. The van der Waals surface area contributed by atoms with Gasteiger partial charge in [-0.15, -0.1) is 10.2 Å². The molecule has 0 spiro atoms. The van der Waals surface area contributed by atoms with Gasteiger partial charge in [-0.1, -0.05) is 0 Å². The molecule has 3 aromatic rings. The van der Waals surface area contributed by atoms with Crippen LogP contribution in [0.4, 0.5) is 4.39 Å². The van der Waals surface area contributed by atoms with Crippen molar-refractivity contribution in [2.45, 2.75) is 5.16 Å². The highest BCUT2D eigenvalue weighted by molar-refractivity contribution is 7.84. The van der Waals surface area contributed by atoms with Gasteiger partial charge >= 0.3 is 0 Å². The van der Waals surface area contributed by atoms with E-state index in [9.17, 15) is 8.60 Å². The van der Waals surface area contributed by atoms with Crippen molar-refractivity contribution in [3.8, 4) is 17.6 Å². The summed E-state index contributed by atoms with van der Waals surface area (Å²) < 4.78 is 31.4. The van der Waals surface area contributed by atoms with Crippen LogP contribution in [0.3, 0.4) is 0 Å². The van der Waals surface area contributed by atoms with Gasteiger partial charge in [-0.05, 0) is 24.3 Å². The molecule has 9 heteroatoms.